The van der Waals surface area contributed by atoms with Crippen LogP contribution in [0.4, 0.5) is 11.4 Å². The third-order valence-corrected chi connectivity index (χ3v) is 3.43. The molecule has 0 aliphatic rings. The van der Waals surface area contributed by atoms with Gasteiger partial charge in [0.25, 0.3) is 0 Å². The molecule has 0 radical (unpaired) electrons. The maximum absolute atomic E-state index is 11.1. The predicted octanol–water partition coefficient (Wildman–Crippen LogP) is 2.95. The van der Waals surface area contributed by atoms with Crippen LogP contribution in [-0.4, -0.2) is 11.1 Å². The molecule has 0 unspecified atom stereocenters. The molecule has 0 aliphatic heterocycles. The van der Waals surface area contributed by atoms with E-state index in [1.807, 2.05) is 17.5 Å². The number of anilines is 2. The summed E-state index contributed by atoms with van der Waals surface area (Å²) < 4.78 is 0. The lowest BCUT2D eigenvalue weighted by Crippen LogP contribution is -2.07. The zero-order valence-electron chi connectivity index (χ0n) is 9.93. The number of aryl methyl sites for hydroxylation is 1. The highest BCUT2D eigenvalue weighted by atomic mass is 32.1. The molecule has 1 heterocycles. The van der Waals surface area contributed by atoms with Gasteiger partial charge in [0.15, 0.2) is 0 Å². The lowest BCUT2D eigenvalue weighted by Gasteiger charge is -2.10. The smallest absolute Gasteiger partial charge is 0.337 e. The number of hydrogen-bond acceptors (Lipinski definition) is 4. The number of nitrogen functional groups attached to an aromatic ring is 1. The van der Waals surface area contributed by atoms with E-state index in [0.717, 1.165) is 11.3 Å². The van der Waals surface area contributed by atoms with Gasteiger partial charge in [-0.3, -0.25) is 0 Å². The monoisotopic (exact) mass is 262 g/mol. The number of carboxylic acid groups (broad SMARTS) is 1. The van der Waals surface area contributed by atoms with Crippen molar-refractivity contribution in [2.24, 2.45) is 0 Å². The van der Waals surface area contributed by atoms with Gasteiger partial charge in [0.1, 0.15) is 0 Å². The van der Waals surface area contributed by atoms with Crippen LogP contribution in [0.1, 0.15) is 21.5 Å². The molecule has 2 rings (SSSR count). The first-order valence-electron chi connectivity index (χ1n) is 5.46. The highest BCUT2D eigenvalue weighted by molar-refractivity contribution is 7.07. The van der Waals surface area contributed by atoms with Crippen LogP contribution < -0.4 is 11.1 Å². The molecule has 0 aliphatic carbocycles. The first-order valence-corrected chi connectivity index (χ1v) is 6.40. The molecule has 1 aromatic carbocycles. The van der Waals surface area contributed by atoms with Crippen molar-refractivity contribution in [3.63, 3.8) is 0 Å². The van der Waals surface area contributed by atoms with Crippen molar-refractivity contribution in [3.8, 4) is 0 Å². The molecular weight excluding hydrogens is 248 g/mol. The number of nitrogens with one attached hydrogen (secondary N) is 1. The van der Waals surface area contributed by atoms with Crippen molar-refractivity contribution in [2.75, 3.05) is 11.1 Å². The fourth-order valence-electron chi connectivity index (χ4n) is 1.67. The lowest BCUT2D eigenvalue weighted by molar-refractivity contribution is 0.0698. The minimum Gasteiger partial charge on any atom is -0.478 e. The molecule has 0 spiro atoms. The number of nitrogens with two attached hydrogens (primary N) is 1. The van der Waals surface area contributed by atoms with E-state index in [0.29, 0.717) is 12.2 Å². The van der Waals surface area contributed by atoms with Crippen molar-refractivity contribution >= 4 is 28.7 Å². The van der Waals surface area contributed by atoms with Crippen molar-refractivity contribution in [1.82, 2.24) is 0 Å². The van der Waals surface area contributed by atoms with Gasteiger partial charge < -0.3 is 16.2 Å². The second-order valence-electron chi connectivity index (χ2n) is 4.04. The Kier molecular flexibility index (Phi) is 3.53. The summed E-state index contributed by atoms with van der Waals surface area (Å²) in [5, 5.41) is 16.3. The van der Waals surface area contributed by atoms with E-state index in [-0.39, 0.29) is 5.56 Å². The van der Waals surface area contributed by atoms with Crippen LogP contribution in [0, 0.1) is 6.92 Å². The van der Waals surface area contributed by atoms with E-state index < -0.39 is 5.97 Å². The van der Waals surface area contributed by atoms with Crippen LogP contribution in [-0.2, 0) is 6.54 Å². The number of carboxylic acids is 1. The average molecular weight is 262 g/mol. The Bertz CT molecular complexity index is 565. The second-order valence-corrected chi connectivity index (χ2v) is 4.82. The van der Waals surface area contributed by atoms with Gasteiger partial charge in [0.05, 0.1) is 5.56 Å². The molecule has 0 atom stereocenters. The highest BCUT2D eigenvalue weighted by Crippen LogP contribution is 2.23. The van der Waals surface area contributed by atoms with E-state index in [1.165, 1.54) is 5.56 Å². The van der Waals surface area contributed by atoms with E-state index in [4.69, 9.17) is 10.8 Å². The van der Waals surface area contributed by atoms with Crippen LogP contribution in [0.2, 0.25) is 0 Å². The number of carbonyl (C=O) groups is 1. The number of thiophene rings is 1. The third-order valence-electron chi connectivity index (χ3n) is 2.69. The Morgan fingerprint density at radius 1 is 1.50 bits per heavy atom. The summed E-state index contributed by atoms with van der Waals surface area (Å²) in [5.41, 5.74) is 8.91. The van der Waals surface area contributed by atoms with Gasteiger partial charge in [-0.25, -0.2) is 4.79 Å². The summed E-state index contributed by atoms with van der Waals surface area (Å²) in [7, 11) is 0. The third kappa shape index (κ3) is 2.62. The van der Waals surface area contributed by atoms with Gasteiger partial charge in [-0.15, -0.1) is 0 Å². The molecule has 5 heteroatoms. The maximum atomic E-state index is 11.1. The first-order chi connectivity index (χ1) is 8.58. The van der Waals surface area contributed by atoms with Crippen LogP contribution in [0.15, 0.2) is 29.0 Å². The first kappa shape index (κ1) is 12.4. The van der Waals surface area contributed by atoms with E-state index >= 15 is 0 Å². The van der Waals surface area contributed by atoms with Crippen molar-refractivity contribution < 1.29 is 9.90 Å². The fraction of sp³-hybridized carbons (Fsp3) is 0.154. The normalized spacial score (nSPS) is 10.3. The molecular formula is C13H14N2O2S. The standard InChI is InChI=1S/C13H14N2O2S/c1-8-4-10(5-11(12(8)14)13(16)17)15-6-9-2-3-18-7-9/h2-5,7,15H,6,14H2,1H3,(H,16,17). The van der Waals surface area contributed by atoms with E-state index in [9.17, 15) is 4.79 Å². The van der Waals surface area contributed by atoms with E-state index in [1.54, 1.807) is 24.3 Å². The Balaban J connectivity index is 2.21. The number of aromatic carboxylic acids is 1. The molecule has 4 N–H and O–H groups in total. The van der Waals surface area contributed by atoms with Crippen LogP contribution in [0.25, 0.3) is 0 Å². The summed E-state index contributed by atoms with van der Waals surface area (Å²) in [6, 6.07) is 5.45. The molecule has 0 bridgehead atoms. The minimum absolute atomic E-state index is 0.141. The SMILES string of the molecule is Cc1cc(NCc2ccsc2)cc(C(=O)O)c1N. The van der Waals surface area contributed by atoms with Crippen molar-refractivity contribution in [1.29, 1.82) is 0 Å². The topological polar surface area (TPSA) is 75.3 Å². The van der Waals surface area contributed by atoms with Gasteiger partial charge in [-0.1, -0.05) is 0 Å². The van der Waals surface area contributed by atoms with Crippen molar-refractivity contribution in [2.45, 2.75) is 13.5 Å². The summed E-state index contributed by atoms with van der Waals surface area (Å²) in [5.74, 6) is -1.00. The average Bonchev–Trinajstić information content (AvgIpc) is 2.83. The number of hydrogen-bond donors (Lipinski definition) is 3. The van der Waals surface area contributed by atoms with Gasteiger partial charge >= 0.3 is 5.97 Å². The highest BCUT2D eigenvalue weighted by Gasteiger charge is 2.11. The largest absolute Gasteiger partial charge is 0.478 e. The minimum atomic E-state index is -1.00. The lowest BCUT2D eigenvalue weighted by atomic mass is 10.1. The quantitative estimate of drug-likeness (QED) is 0.740. The molecule has 0 fully saturated rings. The molecule has 0 amide bonds. The van der Waals surface area contributed by atoms with Crippen molar-refractivity contribution in [3.05, 3.63) is 45.6 Å². The molecule has 0 saturated carbocycles. The number of benzene rings is 1. The number of rotatable bonds is 4. The maximum Gasteiger partial charge on any atom is 0.337 e. The van der Waals surface area contributed by atoms with Gasteiger partial charge in [0.2, 0.25) is 0 Å². The Labute approximate surface area is 109 Å². The molecule has 18 heavy (non-hydrogen) atoms. The van der Waals surface area contributed by atoms with Gasteiger partial charge in [0, 0.05) is 17.9 Å². The van der Waals surface area contributed by atoms with Crippen LogP contribution in [0.5, 0.6) is 0 Å². The predicted molar refractivity (Wildman–Crippen MR) is 74.2 cm³/mol. The van der Waals surface area contributed by atoms with Gasteiger partial charge in [-0.2, -0.15) is 11.3 Å². The molecule has 1 aromatic heterocycles. The van der Waals surface area contributed by atoms with Gasteiger partial charge in [-0.05, 0) is 47.0 Å². The second kappa shape index (κ2) is 5.10. The zero-order valence-corrected chi connectivity index (χ0v) is 10.8. The van der Waals surface area contributed by atoms with Crippen LogP contribution >= 0.6 is 11.3 Å². The Morgan fingerprint density at radius 3 is 2.89 bits per heavy atom. The zero-order chi connectivity index (χ0) is 13.1. The molecule has 4 nitrogen and oxygen atoms in total. The molecule has 2 aromatic rings. The van der Waals surface area contributed by atoms with Crippen LogP contribution in [0.3, 0.4) is 0 Å². The Morgan fingerprint density at radius 2 is 2.28 bits per heavy atom. The summed E-state index contributed by atoms with van der Waals surface area (Å²) >= 11 is 1.63. The Hall–Kier alpha value is -2.01. The van der Waals surface area contributed by atoms with E-state index in [2.05, 4.69) is 10.7 Å². The summed E-state index contributed by atoms with van der Waals surface area (Å²) in [6.07, 6.45) is 0. The molecule has 94 valence electrons. The molecule has 0 saturated heterocycles. The summed E-state index contributed by atoms with van der Waals surface area (Å²) in [4.78, 5) is 11.1. The fourth-order valence-corrected chi connectivity index (χ4v) is 2.34. The summed E-state index contributed by atoms with van der Waals surface area (Å²) in [6.45, 7) is 2.48.